The molecule has 0 spiro atoms. The minimum absolute atomic E-state index is 0.297. The maximum absolute atomic E-state index is 13.3. The van der Waals surface area contributed by atoms with Crippen LogP contribution in [0.2, 0.25) is 0 Å². The van der Waals surface area contributed by atoms with Crippen LogP contribution < -0.4 is 0 Å². The molecule has 0 saturated heterocycles. The second kappa shape index (κ2) is 3.08. The standard InChI is InChI=1S/C14H9FO/c1-8-4-3-5-11-12-7-10(15)6-9(2)14(12)16-13(8)11/h3-7H,1-2H2. The summed E-state index contributed by atoms with van der Waals surface area (Å²) < 4.78 is 19.0. The van der Waals surface area contributed by atoms with Crippen LogP contribution in [0.15, 0.2) is 34.7 Å². The number of para-hydroxylation sites is 1. The third kappa shape index (κ3) is 1.16. The molecule has 0 aliphatic carbocycles. The van der Waals surface area contributed by atoms with Crippen LogP contribution in [0.25, 0.3) is 21.9 Å². The van der Waals surface area contributed by atoms with Crippen molar-refractivity contribution in [2.75, 3.05) is 0 Å². The molecule has 3 rings (SSSR count). The Bertz CT molecular complexity index is 695. The highest BCUT2D eigenvalue weighted by Crippen LogP contribution is 2.32. The highest BCUT2D eigenvalue weighted by atomic mass is 19.1. The summed E-state index contributed by atoms with van der Waals surface area (Å²) in [6, 6.07) is 8.48. The molecular weight excluding hydrogens is 203 g/mol. The third-order valence-electron chi connectivity index (χ3n) is 2.72. The van der Waals surface area contributed by atoms with E-state index < -0.39 is 0 Å². The fraction of sp³-hybridized carbons (Fsp3) is 0. The molecule has 0 N–H and O–H groups in total. The van der Waals surface area contributed by atoms with E-state index in [-0.39, 0.29) is 5.82 Å². The molecule has 2 heteroatoms. The van der Waals surface area contributed by atoms with Crippen molar-refractivity contribution >= 4 is 21.9 Å². The van der Waals surface area contributed by atoms with Gasteiger partial charge in [-0.1, -0.05) is 18.2 Å². The van der Waals surface area contributed by atoms with Crippen LogP contribution in [-0.2, 0) is 0 Å². The molecule has 1 heterocycles. The lowest BCUT2D eigenvalue weighted by Crippen LogP contribution is -1.77. The van der Waals surface area contributed by atoms with Crippen molar-refractivity contribution < 1.29 is 8.81 Å². The Morgan fingerprint density at radius 1 is 0.938 bits per heavy atom. The van der Waals surface area contributed by atoms with E-state index >= 15 is 0 Å². The summed E-state index contributed by atoms with van der Waals surface area (Å²) in [5, 5.41) is 1.64. The largest absolute Gasteiger partial charge is 0.455 e. The molecule has 78 valence electrons. The van der Waals surface area contributed by atoms with Gasteiger partial charge in [-0.15, -0.1) is 0 Å². The lowest BCUT2D eigenvalue weighted by atomic mass is 10.1. The van der Waals surface area contributed by atoms with Gasteiger partial charge in [0.15, 0.2) is 0 Å². The van der Waals surface area contributed by atoms with Crippen molar-refractivity contribution in [2.45, 2.75) is 0 Å². The van der Waals surface area contributed by atoms with Crippen LogP contribution in [0.3, 0.4) is 0 Å². The van der Waals surface area contributed by atoms with Crippen molar-refractivity contribution in [1.82, 2.24) is 0 Å². The fourth-order valence-electron chi connectivity index (χ4n) is 1.99. The van der Waals surface area contributed by atoms with Crippen LogP contribution in [0.5, 0.6) is 0 Å². The van der Waals surface area contributed by atoms with E-state index in [0.717, 1.165) is 16.3 Å². The maximum atomic E-state index is 13.3. The summed E-state index contributed by atoms with van der Waals surface area (Å²) in [5.41, 5.74) is 2.69. The second-order valence-corrected chi connectivity index (χ2v) is 3.84. The first-order chi connectivity index (χ1) is 7.66. The Kier molecular flexibility index (Phi) is 1.81. The Hall–Kier alpha value is -1.83. The molecule has 16 heavy (non-hydrogen) atoms. The molecule has 1 aromatic heterocycles. The number of benzene rings is 2. The molecule has 0 saturated carbocycles. The van der Waals surface area contributed by atoms with Crippen LogP contribution >= 0.6 is 0 Å². The van der Waals surface area contributed by atoms with Crippen molar-refractivity contribution in [3.05, 3.63) is 61.1 Å². The Morgan fingerprint density at radius 2 is 1.69 bits per heavy atom. The third-order valence-corrected chi connectivity index (χ3v) is 2.72. The lowest BCUT2D eigenvalue weighted by Gasteiger charge is -1.94. The van der Waals surface area contributed by atoms with Crippen molar-refractivity contribution in [1.29, 1.82) is 0 Å². The van der Waals surface area contributed by atoms with Crippen molar-refractivity contribution in [3.63, 3.8) is 0 Å². The van der Waals surface area contributed by atoms with Gasteiger partial charge in [0.05, 0.1) is 0 Å². The van der Waals surface area contributed by atoms with Crippen LogP contribution in [0.4, 0.5) is 4.39 Å². The molecule has 3 aromatic rings. The van der Waals surface area contributed by atoms with E-state index in [0.29, 0.717) is 16.7 Å². The number of fused-ring (bicyclic) bond motifs is 3. The summed E-state index contributed by atoms with van der Waals surface area (Å²) in [4.78, 5) is 0. The predicted molar refractivity (Wildman–Crippen MR) is 62.6 cm³/mol. The number of halogens is 1. The molecule has 0 aliphatic heterocycles. The van der Waals surface area contributed by atoms with E-state index in [1.165, 1.54) is 12.1 Å². The van der Waals surface area contributed by atoms with Crippen LogP contribution in [0.1, 0.15) is 11.1 Å². The highest BCUT2D eigenvalue weighted by molar-refractivity contribution is 6.07. The van der Waals surface area contributed by atoms with Gasteiger partial charge in [0.25, 0.3) is 0 Å². The van der Waals surface area contributed by atoms with E-state index in [1.807, 2.05) is 18.2 Å². The average Bonchev–Trinajstić information content (AvgIpc) is 2.59. The first-order valence-corrected chi connectivity index (χ1v) is 4.95. The zero-order valence-corrected chi connectivity index (χ0v) is 8.59. The van der Waals surface area contributed by atoms with Crippen LogP contribution in [0, 0.1) is 19.7 Å². The Balaban J connectivity index is 2.61. The topological polar surface area (TPSA) is 13.1 Å². The number of furan rings is 1. The van der Waals surface area contributed by atoms with Gasteiger partial charge in [0.2, 0.25) is 0 Å². The zero-order valence-electron chi connectivity index (χ0n) is 8.59. The quantitative estimate of drug-likeness (QED) is 0.547. The van der Waals surface area contributed by atoms with Gasteiger partial charge in [0.1, 0.15) is 17.0 Å². The van der Waals surface area contributed by atoms with Gasteiger partial charge >= 0.3 is 0 Å². The summed E-state index contributed by atoms with van der Waals surface area (Å²) in [7, 11) is 0. The zero-order chi connectivity index (χ0) is 11.3. The molecule has 0 fully saturated rings. The minimum atomic E-state index is -0.297. The minimum Gasteiger partial charge on any atom is -0.455 e. The Labute approximate surface area is 92.5 Å². The van der Waals surface area contributed by atoms with E-state index in [4.69, 9.17) is 4.42 Å². The van der Waals surface area contributed by atoms with Gasteiger partial charge in [-0.25, -0.2) is 4.39 Å². The molecule has 0 amide bonds. The average molecular weight is 212 g/mol. The molecule has 0 unspecified atom stereocenters. The second-order valence-electron chi connectivity index (χ2n) is 3.84. The summed E-state index contributed by atoms with van der Waals surface area (Å²) in [6.07, 6.45) is 0. The summed E-state index contributed by atoms with van der Waals surface area (Å²) in [5.74, 6) is -0.297. The van der Waals surface area contributed by atoms with Crippen molar-refractivity contribution in [2.24, 2.45) is 0 Å². The maximum Gasteiger partial charge on any atom is 0.138 e. The van der Waals surface area contributed by atoms with Gasteiger partial charge in [0, 0.05) is 10.8 Å². The molecule has 0 bridgehead atoms. The van der Waals surface area contributed by atoms with Crippen LogP contribution in [-0.4, -0.2) is 0 Å². The number of rotatable bonds is 0. The molecule has 2 aromatic carbocycles. The van der Waals surface area contributed by atoms with Gasteiger partial charge in [-0.3, -0.25) is 0 Å². The number of hydrogen-bond donors (Lipinski definition) is 0. The van der Waals surface area contributed by atoms with Gasteiger partial charge in [-0.2, -0.15) is 0 Å². The summed E-state index contributed by atoms with van der Waals surface area (Å²) >= 11 is 0. The molecular formula is C14H9FO. The monoisotopic (exact) mass is 212 g/mol. The lowest BCUT2D eigenvalue weighted by molar-refractivity contribution is 0.625. The molecule has 0 atom stereocenters. The Morgan fingerprint density at radius 3 is 2.50 bits per heavy atom. The van der Waals surface area contributed by atoms with Crippen molar-refractivity contribution in [3.8, 4) is 0 Å². The van der Waals surface area contributed by atoms with Gasteiger partial charge in [-0.05, 0) is 37.1 Å². The van der Waals surface area contributed by atoms with E-state index in [2.05, 4.69) is 13.8 Å². The summed E-state index contributed by atoms with van der Waals surface area (Å²) in [6.45, 7) is 7.67. The molecule has 0 aliphatic rings. The first-order valence-electron chi connectivity index (χ1n) is 4.95. The smallest absolute Gasteiger partial charge is 0.138 e. The first kappa shape index (κ1) is 9.40. The van der Waals surface area contributed by atoms with E-state index in [1.54, 1.807) is 0 Å². The normalized spacial score (nSPS) is 11.4. The van der Waals surface area contributed by atoms with Gasteiger partial charge < -0.3 is 4.42 Å². The predicted octanol–water partition coefficient (Wildman–Crippen LogP) is 4.09. The molecule has 2 radical (unpaired) electrons. The number of hydrogen-bond acceptors (Lipinski definition) is 1. The fourth-order valence-corrected chi connectivity index (χ4v) is 1.99. The SMILES string of the molecule is [CH2]c1cccc2c1oc1c([CH2])cc(F)cc12. The van der Waals surface area contributed by atoms with E-state index in [9.17, 15) is 4.39 Å². The molecule has 1 nitrogen and oxygen atoms in total. The highest BCUT2D eigenvalue weighted by Gasteiger charge is 2.11.